The van der Waals surface area contributed by atoms with Gasteiger partial charge >= 0.3 is 0 Å². The monoisotopic (exact) mass is 249 g/mol. The van der Waals surface area contributed by atoms with E-state index in [2.05, 4.69) is 10.2 Å². The number of benzene rings is 2. The quantitative estimate of drug-likeness (QED) is 0.390. The smallest absolute Gasteiger partial charge is 0.231 e. The number of hydrazone groups is 1. The summed E-state index contributed by atoms with van der Waals surface area (Å²) >= 11 is 0. The molecule has 0 radical (unpaired) electrons. The Morgan fingerprint density at radius 2 is 1.42 bits per heavy atom. The maximum atomic E-state index is 8.85. The third-order valence-electron chi connectivity index (χ3n) is 2.40. The summed E-state index contributed by atoms with van der Waals surface area (Å²) in [6.45, 7) is 0. The van der Waals surface area contributed by atoms with Gasteiger partial charge in [0.1, 0.15) is 6.07 Å². The zero-order chi connectivity index (χ0) is 13.5. The Hall–Kier alpha value is -3.00. The minimum absolute atomic E-state index is 0.201. The van der Waals surface area contributed by atoms with Gasteiger partial charge in [-0.3, -0.25) is 0 Å². The topological polar surface area (TPSA) is 75.6 Å². The van der Waals surface area contributed by atoms with Crippen LogP contribution in [0.1, 0.15) is 0 Å². The van der Waals surface area contributed by atoms with E-state index in [1.807, 2.05) is 60.7 Å². The molecule has 2 rings (SSSR count). The number of para-hydroxylation sites is 2. The molecule has 5 heteroatoms. The first kappa shape index (κ1) is 12.5. The van der Waals surface area contributed by atoms with Crippen LogP contribution in [-0.4, -0.2) is 5.84 Å². The van der Waals surface area contributed by atoms with Crippen LogP contribution in [0.3, 0.4) is 0 Å². The van der Waals surface area contributed by atoms with Crippen molar-refractivity contribution in [2.45, 2.75) is 0 Å². The van der Waals surface area contributed by atoms with E-state index in [0.717, 1.165) is 11.4 Å². The zero-order valence-corrected chi connectivity index (χ0v) is 10.1. The van der Waals surface area contributed by atoms with Gasteiger partial charge in [0.25, 0.3) is 5.84 Å². The minimum atomic E-state index is -0.201. The van der Waals surface area contributed by atoms with E-state index >= 15 is 0 Å². The van der Waals surface area contributed by atoms with Crippen LogP contribution in [0.5, 0.6) is 0 Å². The molecule has 2 aromatic carbocycles. The van der Waals surface area contributed by atoms with Crippen molar-refractivity contribution in [1.29, 1.82) is 10.8 Å². The van der Waals surface area contributed by atoms with Crippen molar-refractivity contribution in [1.82, 2.24) is 0 Å². The zero-order valence-electron chi connectivity index (χ0n) is 10.1. The summed E-state index contributed by atoms with van der Waals surface area (Å²) in [6.07, 6.45) is 0. The summed E-state index contributed by atoms with van der Waals surface area (Å²) < 4.78 is 0. The van der Waals surface area contributed by atoms with Gasteiger partial charge in [-0.15, -0.1) is 10.2 Å². The molecule has 0 heterocycles. The molecule has 0 amide bonds. The number of nitriles is 1. The maximum Gasteiger partial charge on any atom is 0.270 e. The summed E-state index contributed by atoms with van der Waals surface area (Å²) in [4.78, 5) is 0. The maximum absolute atomic E-state index is 8.85. The van der Waals surface area contributed by atoms with Gasteiger partial charge in [-0.25, -0.2) is 10.5 Å². The average Bonchev–Trinajstić information content (AvgIpc) is 2.50. The molecule has 0 atom stereocenters. The molecule has 92 valence electrons. The first-order valence-corrected chi connectivity index (χ1v) is 5.61. The van der Waals surface area contributed by atoms with E-state index in [0.29, 0.717) is 0 Å². The van der Waals surface area contributed by atoms with Gasteiger partial charge in [-0.1, -0.05) is 36.4 Å². The summed E-state index contributed by atoms with van der Waals surface area (Å²) in [5.74, 6) is -0.201. The van der Waals surface area contributed by atoms with Gasteiger partial charge in [0.15, 0.2) is 0 Å². The summed E-state index contributed by atoms with van der Waals surface area (Å²) in [5, 5.41) is 17.6. The molecule has 0 aromatic heterocycles. The molecule has 19 heavy (non-hydrogen) atoms. The van der Waals surface area contributed by atoms with Crippen LogP contribution in [0.4, 0.5) is 11.4 Å². The lowest BCUT2D eigenvalue weighted by molar-refractivity contribution is 1.06. The number of nitrogens with one attached hydrogen (secondary N) is 1. The van der Waals surface area contributed by atoms with E-state index < -0.39 is 0 Å². The number of hydrogen-bond donors (Lipinski definition) is 1. The van der Waals surface area contributed by atoms with Gasteiger partial charge in [0.05, 0.1) is 11.4 Å². The van der Waals surface area contributed by atoms with Crippen LogP contribution >= 0.6 is 0 Å². The molecule has 0 bridgehead atoms. The Morgan fingerprint density at radius 1 is 0.947 bits per heavy atom. The van der Waals surface area contributed by atoms with Crippen molar-refractivity contribution in [2.75, 3.05) is 5.01 Å². The fourth-order valence-electron chi connectivity index (χ4n) is 1.57. The van der Waals surface area contributed by atoms with Crippen LogP contribution in [0, 0.1) is 16.9 Å². The molecule has 0 fully saturated rings. The molecule has 0 aliphatic rings. The number of rotatable bonds is 3. The first-order valence-electron chi connectivity index (χ1n) is 5.61. The van der Waals surface area contributed by atoms with Crippen molar-refractivity contribution in [3.05, 3.63) is 60.7 Å². The van der Waals surface area contributed by atoms with E-state index in [-0.39, 0.29) is 5.84 Å². The average molecular weight is 249 g/mol. The number of amidine groups is 1. The molecule has 0 aliphatic heterocycles. The molecule has 0 saturated carbocycles. The fraction of sp³-hybridized carbons (Fsp3) is 0. The summed E-state index contributed by atoms with van der Waals surface area (Å²) in [6, 6.07) is 20.6. The molecular weight excluding hydrogens is 238 g/mol. The third kappa shape index (κ3) is 3.01. The highest BCUT2D eigenvalue weighted by Gasteiger charge is 2.08. The molecule has 0 saturated heterocycles. The van der Waals surface area contributed by atoms with Gasteiger partial charge in [-0.05, 0) is 24.3 Å². The Bertz CT molecular complexity index is 574. The second kappa shape index (κ2) is 6.07. The van der Waals surface area contributed by atoms with Gasteiger partial charge in [0.2, 0.25) is 0 Å². The van der Waals surface area contributed by atoms with E-state index in [1.54, 1.807) is 11.1 Å². The van der Waals surface area contributed by atoms with Crippen molar-refractivity contribution in [3.63, 3.8) is 0 Å². The lowest BCUT2D eigenvalue weighted by atomic mass is 10.2. The number of hydrogen-bond acceptors (Lipinski definition) is 4. The van der Waals surface area contributed by atoms with Crippen LogP contribution in [0.2, 0.25) is 0 Å². The number of anilines is 2. The predicted octanol–water partition coefficient (Wildman–Crippen LogP) is 3.69. The van der Waals surface area contributed by atoms with E-state index in [4.69, 9.17) is 10.8 Å². The third-order valence-corrected chi connectivity index (χ3v) is 2.40. The predicted molar refractivity (Wildman–Crippen MR) is 73.2 cm³/mol. The van der Waals surface area contributed by atoms with E-state index in [9.17, 15) is 0 Å². The largest absolute Gasteiger partial charge is 0.270 e. The van der Waals surface area contributed by atoms with Crippen LogP contribution < -0.4 is 5.01 Å². The Morgan fingerprint density at radius 3 is 1.79 bits per heavy atom. The molecular formula is C14H11N5. The van der Waals surface area contributed by atoms with Gasteiger partial charge < -0.3 is 0 Å². The molecule has 1 N–H and O–H groups in total. The first-order chi connectivity index (χ1) is 9.35. The Kier molecular flexibility index (Phi) is 3.98. The summed E-state index contributed by atoms with van der Waals surface area (Å²) in [7, 11) is 0. The second-order valence-electron chi connectivity index (χ2n) is 3.63. The highest BCUT2D eigenvalue weighted by Crippen LogP contribution is 2.25. The van der Waals surface area contributed by atoms with Gasteiger partial charge in [-0.2, -0.15) is 5.26 Å². The SMILES string of the molecule is N#C/C(N=N)=N\N(c1ccccc1)c1ccccc1. The second-order valence-corrected chi connectivity index (χ2v) is 3.63. The van der Waals surface area contributed by atoms with Crippen LogP contribution in [0.25, 0.3) is 0 Å². The van der Waals surface area contributed by atoms with Crippen molar-refractivity contribution in [3.8, 4) is 6.07 Å². The lowest BCUT2D eigenvalue weighted by Gasteiger charge is -2.18. The van der Waals surface area contributed by atoms with Crippen molar-refractivity contribution < 1.29 is 0 Å². The Labute approximate surface area is 110 Å². The molecule has 2 aromatic rings. The summed E-state index contributed by atoms with van der Waals surface area (Å²) in [5.41, 5.74) is 8.52. The van der Waals surface area contributed by atoms with Gasteiger partial charge in [0, 0.05) is 0 Å². The normalized spacial score (nSPS) is 10.6. The minimum Gasteiger partial charge on any atom is -0.231 e. The molecule has 0 unspecified atom stereocenters. The van der Waals surface area contributed by atoms with Crippen molar-refractivity contribution in [2.24, 2.45) is 10.2 Å². The highest BCUT2D eigenvalue weighted by molar-refractivity contribution is 5.97. The Balaban J connectivity index is 2.49. The van der Waals surface area contributed by atoms with E-state index in [1.165, 1.54) is 0 Å². The van der Waals surface area contributed by atoms with Crippen LogP contribution in [-0.2, 0) is 0 Å². The van der Waals surface area contributed by atoms with Crippen molar-refractivity contribution >= 4 is 17.2 Å². The standard InChI is InChI=1S/C14H11N5/c15-11-14(17-16)18-19(12-7-3-1-4-8-12)13-9-5-2-6-10-13/h1-10,16H/b17-16?,18-14+. The fourth-order valence-corrected chi connectivity index (χ4v) is 1.57. The highest BCUT2D eigenvalue weighted by atomic mass is 15.5. The molecule has 0 aliphatic carbocycles. The number of nitrogens with zero attached hydrogens (tertiary/aromatic N) is 4. The molecule has 5 nitrogen and oxygen atoms in total. The molecule has 0 spiro atoms. The van der Waals surface area contributed by atoms with Crippen LogP contribution in [0.15, 0.2) is 70.9 Å². The lowest BCUT2D eigenvalue weighted by Crippen LogP contribution is -2.11.